The average Bonchev–Trinajstić information content (AvgIpc) is 2.62. The van der Waals surface area contributed by atoms with E-state index in [0.29, 0.717) is 5.56 Å². The van der Waals surface area contributed by atoms with E-state index in [1.54, 1.807) is 12.1 Å². The minimum absolute atomic E-state index is 0.244. The monoisotopic (exact) mass is 339 g/mol. The van der Waals surface area contributed by atoms with Gasteiger partial charge in [-0.1, -0.05) is 54.6 Å². The van der Waals surface area contributed by atoms with Gasteiger partial charge in [-0.2, -0.15) is 13.2 Å². The van der Waals surface area contributed by atoms with Crippen LogP contribution < -0.4 is 4.90 Å². The van der Waals surface area contributed by atoms with Crippen LogP contribution in [-0.4, -0.2) is 6.18 Å². The van der Waals surface area contributed by atoms with E-state index >= 15 is 0 Å². The van der Waals surface area contributed by atoms with E-state index in [0.717, 1.165) is 23.1 Å². The van der Waals surface area contributed by atoms with Gasteiger partial charge in [0.15, 0.2) is 0 Å². The molecule has 0 radical (unpaired) electrons. The van der Waals surface area contributed by atoms with Crippen LogP contribution in [0.25, 0.3) is 6.08 Å². The summed E-state index contributed by atoms with van der Waals surface area (Å²) in [5.41, 5.74) is 3.34. The zero-order valence-corrected chi connectivity index (χ0v) is 13.3. The first kappa shape index (κ1) is 16.8. The minimum Gasteiger partial charge on any atom is -0.311 e. The van der Waals surface area contributed by atoms with Gasteiger partial charge in [0.2, 0.25) is 0 Å². The zero-order valence-electron chi connectivity index (χ0n) is 13.3. The molecule has 0 saturated carbocycles. The van der Waals surface area contributed by atoms with Gasteiger partial charge in [0.1, 0.15) is 0 Å². The number of allylic oxidation sites excluding steroid dienone is 1. The molecule has 0 fully saturated rings. The van der Waals surface area contributed by atoms with Crippen molar-refractivity contribution < 1.29 is 13.2 Å². The van der Waals surface area contributed by atoms with Gasteiger partial charge in [0.25, 0.3) is 0 Å². The summed E-state index contributed by atoms with van der Waals surface area (Å²) in [5, 5.41) is 0. The molecule has 0 spiro atoms. The van der Waals surface area contributed by atoms with Crippen molar-refractivity contribution in [1.82, 2.24) is 0 Å². The lowest BCUT2D eigenvalue weighted by Crippen LogP contribution is -2.09. The van der Waals surface area contributed by atoms with Crippen LogP contribution in [0.5, 0.6) is 0 Å². The predicted octanol–water partition coefficient (Wildman–Crippen LogP) is 6.73. The van der Waals surface area contributed by atoms with Crippen molar-refractivity contribution in [1.29, 1.82) is 0 Å². The number of para-hydroxylation sites is 2. The third-order valence-corrected chi connectivity index (χ3v) is 3.64. The highest BCUT2D eigenvalue weighted by Crippen LogP contribution is 2.34. The summed E-state index contributed by atoms with van der Waals surface area (Å²) in [6.45, 7) is 0. The lowest BCUT2D eigenvalue weighted by molar-refractivity contribution is -0.0790. The lowest BCUT2D eigenvalue weighted by Gasteiger charge is -2.25. The second-order valence-corrected chi connectivity index (χ2v) is 5.47. The van der Waals surface area contributed by atoms with Crippen molar-refractivity contribution >= 4 is 23.1 Å². The summed E-state index contributed by atoms with van der Waals surface area (Å²) in [6.07, 6.45) is -2.99. The Hall–Kier alpha value is -3.01. The summed E-state index contributed by atoms with van der Waals surface area (Å²) in [6, 6.07) is 26.6. The highest BCUT2D eigenvalue weighted by Gasteiger charge is 2.21. The fourth-order valence-corrected chi connectivity index (χ4v) is 2.53. The second-order valence-electron chi connectivity index (χ2n) is 5.47. The number of anilines is 3. The maximum atomic E-state index is 12.3. The Morgan fingerprint density at radius 1 is 0.600 bits per heavy atom. The topological polar surface area (TPSA) is 3.24 Å². The summed E-state index contributed by atoms with van der Waals surface area (Å²) in [7, 11) is 0. The average molecular weight is 339 g/mol. The van der Waals surface area contributed by atoms with Crippen molar-refractivity contribution in [2.45, 2.75) is 6.18 Å². The first-order valence-corrected chi connectivity index (χ1v) is 7.79. The fraction of sp³-hybridized carbons (Fsp3) is 0.0476. The van der Waals surface area contributed by atoms with Crippen molar-refractivity contribution in [3.63, 3.8) is 0 Å². The van der Waals surface area contributed by atoms with Gasteiger partial charge < -0.3 is 4.90 Å². The van der Waals surface area contributed by atoms with Crippen molar-refractivity contribution in [3.8, 4) is 0 Å². The molecular formula is C21H16F3N. The number of benzene rings is 3. The molecule has 0 saturated heterocycles. The SMILES string of the molecule is FC(F)(F)/C=C/c1ccc(N(c2ccccc2)c2ccccc2)cc1. The molecule has 0 aliphatic rings. The van der Waals surface area contributed by atoms with Gasteiger partial charge in [0.05, 0.1) is 0 Å². The number of alkyl halides is 3. The van der Waals surface area contributed by atoms with E-state index in [-0.39, 0.29) is 6.08 Å². The normalized spacial score (nSPS) is 11.6. The smallest absolute Gasteiger partial charge is 0.311 e. The van der Waals surface area contributed by atoms with E-state index < -0.39 is 6.18 Å². The number of rotatable bonds is 4. The zero-order chi connectivity index (χ0) is 17.7. The van der Waals surface area contributed by atoms with E-state index in [1.165, 1.54) is 0 Å². The molecular weight excluding hydrogens is 323 g/mol. The molecule has 0 unspecified atom stereocenters. The minimum atomic E-state index is -4.31. The van der Waals surface area contributed by atoms with E-state index in [1.807, 2.05) is 72.8 Å². The molecule has 25 heavy (non-hydrogen) atoms. The number of nitrogens with zero attached hydrogens (tertiary/aromatic N) is 1. The molecule has 3 aromatic carbocycles. The molecule has 126 valence electrons. The van der Waals surface area contributed by atoms with Crippen LogP contribution in [-0.2, 0) is 0 Å². The van der Waals surface area contributed by atoms with Gasteiger partial charge in [-0.25, -0.2) is 0 Å². The summed E-state index contributed by atoms with van der Waals surface area (Å²) in [5.74, 6) is 0. The van der Waals surface area contributed by atoms with Crippen LogP contribution in [0.4, 0.5) is 30.2 Å². The molecule has 0 N–H and O–H groups in total. The Balaban J connectivity index is 1.96. The van der Waals surface area contributed by atoms with Gasteiger partial charge in [-0.15, -0.1) is 0 Å². The van der Waals surface area contributed by atoms with Crippen molar-refractivity contribution in [3.05, 3.63) is 96.6 Å². The first-order valence-electron chi connectivity index (χ1n) is 7.79. The Morgan fingerprint density at radius 2 is 1.04 bits per heavy atom. The standard InChI is InChI=1S/C21H16F3N/c22-21(23,24)16-15-17-11-13-20(14-12-17)25(18-7-3-1-4-8-18)19-9-5-2-6-10-19/h1-16H/b16-15+. The van der Waals surface area contributed by atoms with Crippen LogP contribution >= 0.6 is 0 Å². The van der Waals surface area contributed by atoms with Crippen LogP contribution in [0, 0.1) is 0 Å². The lowest BCUT2D eigenvalue weighted by atomic mass is 10.1. The van der Waals surface area contributed by atoms with Crippen LogP contribution in [0.3, 0.4) is 0 Å². The van der Waals surface area contributed by atoms with E-state index in [2.05, 4.69) is 4.90 Å². The number of hydrogen-bond acceptors (Lipinski definition) is 1. The Bertz CT molecular complexity index is 783. The molecule has 0 aliphatic carbocycles. The van der Waals surface area contributed by atoms with E-state index in [9.17, 15) is 13.2 Å². The van der Waals surface area contributed by atoms with Crippen LogP contribution in [0.2, 0.25) is 0 Å². The Kier molecular flexibility index (Phi) is 4.89. The van der Waals surface area contributed by atoms with Gasteiger partial charge >= 0.3 is 6.18 Å². The molecule has 0 heterocycles. The van der Waals surface area contributed by atoms with Gasteiger partial charge in [-0.3, -0.25) is 0 Å². The third-order valence-electron chi connectivity index (χ3n) is 3.64. The molecule has 0 aromatic heterocycles. The number of hydrogen-bond donors (Lipinski definition) is 0. The number of halogens is 3. The molecule has 1 nitrogen and oxygen atoms in total. The predicted molar refractivity (Wildman–Crippen MR) is 96.2 cm³/mol. The highest BCUT2D eigenvalue weighted by atomic mass is 19.4. The maximum Gasteiger partial charge on any atom is 0.409 e. The van der Waals surface area contributed by atoms with Crippen molar-refractivity contribution in [2.24, 2.45) is 0 Å². The summed E-state index contributed by atoms with van der Waals surface area (Å²) >= 11 is 0. The highest BCUT2D eigenvalue weighted by molar-refractivity contribution is 5.76. The van der Waals surface area contributed by atoms with Crippen molar-refractivity contribution in [2.75, 3.05) is 4.90 Å². The molecule has 0 aliphatic heterocycles. The first-order chi connectivity index (χ1) is 12.0. The van der Waals surface area contributed by atoms with Crippen LogP contribution in [0.1, 0.15) is 5.56 Å². The molecule has 0 atom stereocenters. The Morgan fingerprint density at radius 3 is 1.48 bits per heavy atom. The van der Waals surface area contributed by atoms with Gasteiger partial charge in [0, 0.05) is 23.1 Å². The second kappa shape index (κ2) is 7.26. The summed E-state index contributed by atoms with van der Waals surface area (Å²) < 4.78 is 36.9. The molecule has 3 rings (SSSR count). The molecule has 0 amide bonds. The third kappa shape index (κ3) is 4.51. The van der Waals surface area contributed by atoms with Gasteiger partial charge in [-0.05, 0) is 42.0 Å². The summed E-state index contributed by atoms with van der Waals surface area (Å²) in [4.78, 5) is 2.05. The largest absolute Gasteiger partial charge is 0.409 e. The molecule has 4 heteroatoms. The molecule has 0 bridgehead atoms. The maximum absolute atomic E-state index is 12.3. The Labute approximate surface area is 144 Å². The quantitative estimate of drug-likeness (QED) is 0.509. The fourth-order valence-electron chi connectivity index (χ4n) is 2.53. The molecule has 3 aromatic rings. The van der Waals surface area contributed by atoms with Crippen LogP contribution in [0.15, 0.2) is 91.0 Å². The van der Waals surface area contributed by atoms with E-state index in [4.69, 9.17) is 0 Å².